The summed E-state index contributed by atoms with van der Waals surface area (Å²) in [6, 6.07) is 4.92. The number of nitrogens with one attached hydrogen (secondary N) is 2. The molecular formula is C16H17ClF3N5S. The molecule has 0 radical (unpaired) electrons. The van der Waals surface area contributed by atoms with Crippen LogP contribution in [0.5, 0.6) is 0 Å². The molecule has 26 heavy (non-hydrogen) atoms. The molecule has 0 unspecified atom stereocenters. The van der Waals surface area contributed by atoms with Crippen molar-refractivity contribution in [3.05, 3.63) is 46.2 Å². The highest BCUT2D eigenvalue weighted by molar-refractivity contribution is 7.80. The Kier molecular flexibility index (Phi) is 6.25. The molecule has 2 N–H and O–H groups in total. The number of rotatable bonds is 4. The molecule has 1 aromatic carbocycles. The van der Waals surface area contributed by atoms with Gasteiger partial charge in [0, 0.05) is 6.04 Å². The van der Waals surface area contributed by atoms with Crippen molar-refractivity contribution >= 4 is 35.1 Å². The number of nitrogens with zero attached hydrogens (tertiary/aromatic N) is 3. The van der Waals surface area contributed by atoms with Crippen LogP contribution in [-0.4, -0.2) is 27.1 Å². The van der Waals surface area contributed by atoms with Gasteiger partial charge in [0.05, 0.1) is 28.7 Å². The Hall–Kier alpha value is -2.13. The Labute approximate surface area is 159 Å². The molecule has 0 saturated carbocycles. The standard InChI is InChI=1S/C16H17ClF3N5S/c1-9(2)22-15(26)23-21-8-13-10(3)24-25(14(13)17)12-6-4-5-11(7-12)16(18,19)20/h4-9H,1-3H3,(H2,22,23,26)/b21-8-. The number of hydrogen-bond donors (Lipinski definition) is 2. The zero-order chi connectivity index (χ0) is 19.5. The van der Waals surface area contributed by atoms with Crippen LogP contribution in [0.25, 0.3) is 5.69 Å². The summed E-state index contributed by atoms with van der Waals surface area (Å²) in [5.74, 6) is 0. The summed E-state index contributed by atoms with van der Waals surface area (Å²) >= 11 is 11.3. The molecule has 0 atom stereocenters. The molecule has 1 heterocycles. The number of thiocarbonyl (C=S) groups is 1. The van der Waals surface area contributed by atoms with Gasteiger partial charge in [-0.05, 0) is 51.2 Å². The van der Waals surface area contributed by atoms with Crippen LogP contribution in [0.15, 0.2) is 29.4 Å². The lowest BCUT2D eigenvalue weighted by Gasteiger charge is -2.09. The molecule has 0 amide bonds. The van der Waals surface area contributed by atoms with Gasteiger partial charge in [0.15, 0.2) is 5.11 Å². The van der Waals surface area contributed by atoms with Crippen LogP contribution < -0.4 is 10.7 Å². The van der Waals surface area contributed by atoms with Gasteiger partial charge in [-0.15, -0.1) is 0 Å². The van der Waals surface area contributed by atoms with E-state index in [-0.39, 0.29) is 16.9 Å². The fraction of sp³-hybridized carbons (Fsp3) is 0.312. The summed E-state index contributed by atoms with van der Waals surface area (Å²) in [4.78, 5) is 0. The van der Waals surface area contributed by atoms with Gasteiger partial charge >= 0.3 is 6.18 Å². The zero-order valence-corrected chi connectivity index (χ0v) is 15.8. The first kappa shape index (κ1) is 20.2. The van der Waals surface area contributed by atoms with Crippen LogP contribution in [0, 0.1) is 6.92 Å². The average Bonchev–Trinajstić information content (AvgIpc) is 2.81. The number of hydrazone groups is 1. The fourth-order valence-electron chi connectivity index (χ4n) is 2.09. The van der Waals surface area contributed by atoms with Crippen molar-refractivity contribution < 1.29 is 13.2 Å². The minimum absolute atomic E-state index is 0.148. The van der Waals surface area contributed by atoms with Crippen molar-refractivity contribution in [1.82, 2.24) is 20.5 Å². The molecule has 0 aliphatic rings. The second-order valence-electron chi connectivity index (χ2n) is 5.75. The van der Waals surface area contributed by atoms with Crippen molar-refractivity contribution in [2.24, 2.45) is 5.10 Å². The molecular weight excluding hydrogens is 387 g/mol. The third-order valence-electron chi connectivity index (χ3n) is 3.25. The van der Waals surface area contributed by atoms with Crippen molar-refractivity contribution in [1.29, 1.82) is 0 Å². The molecule has 0 saturated heterocycles. The van der Waals surface area contributed by atoms with Gasteiger partial charge < -0.3 is 5.32 Å². The van der Waals surface area contributed by atoms with Crippen LogP contribution in [0.3, 0.4) is 0 Å². The summed E-state index contributed by atoms with van der Waals surface area (Å²) in [6.45, 7) is 5.54. The van der Waals surface area contributed by atoms with Crippen LogP contribution in [-0.2, 0) is 6.18 Å². The Balaban J connectivity index is 2.27. The summed E-state index contributed by atoms with van der Waals surface area (Å²) in [5, 5.41) is 11.6. The monoisotopic (exact) mass is 403 g/mol. The maximum absolute atomic E-state index is 12.9. The average molecular weight is 404 g/mol. The van der Waals surface area contributed by atoms with Crippen LogP contribution in [0.4, 0.5) is 13.2 Å². The molecule has 2 aromatic rings. The minimum Gasteiger partial charge on any atom is -0.359 e. The summed E-state index contributed by atoms with van der Waals surface area (Å²) < 4.78 is 39.9. The van der Waals surface area contributed by atoms with Gasteiger partial charge in [-0.3, -0.25) is 5.43 Å². The third-order valence-corrected chi connectivity index (χ3v) is 3.82. The first-order chi connectivity index (χ1) is 12.1. The molecule has 0 aliphatic carbocycles. The van der Waals surface area contributed by atoms with Crippen LogP contribution >= 0.6 is 23.8 Å². The van der Waals surface area contributed by atoms with E-state index in [1.807, 2.05) is 13.8 Å². The molecule has 0 spiro atoms. The normalized spacial score (nSPS) is 12.0. The fourth-order valence-corrected chi connectivity index (χ4v) is 2.70. The summed E-state index contributed by atoms with van der Waals surface area (Å²) in [5.41, 5.74) is 3.06. The highest BCUT2D eigenvalue weighted by Crippen LogP contribution is 2.31. The smallest absolute Gasteiger partial charge is 0.359 e. The zero-order valence-electron chi connectivity index (χ0n) is 14.2. The lowest BCUT2D eigenvalue weighted by molar-refractivity contribution is -0.137. The molecule has 0 fully saturated rings. The van der Waals surface area contributed by atoms with Crippen molar-refractivity contribution in [3.8, 4) is 5.69 Å². The van der Waals surface area contributed by atoms with Crippen LogP contribution in [0.1, 0.15) is 30.7 Å². The molecule has 5 nitrogen and oxygen atoms in total. The Morgan fingerprint density at radius 3 is 2.69 bits per heavy atom. The summed E-state index contributed by atoms with van der Waals surface area (Å²) in [7, 11) is 0. The lowest BCUT2D eigenvalue weighted by atomic mass is 10.2. The maximum Gasteiger partial charge on any atom is 0.416 e. The van der Waals surface area contributed by atoms with E-state index in [1.54, 1.807) is 6.92 Å². The highest BCUT2D eigenvalue weighted by Gasteiger charge is 2.30. The topological polar surface area (TPSA) is 54.2 Å². The van der Waals surface area contributed by atoms with Crippen molar-refractivity contribution in [2.45, 2.75) is 33.0 Å². The van der Waals surface area contributed by atoms with Crippen molar-refractivity contribution in [2.75, 3.05) is 0 Å². The Morgan fingerprint density at radius 2 is 2.08 bits per heavy atom. The number of hydrogen-bond acceptors (Lipinski definition) is 3. The quantitative estimate of drug-likeness (QED) is 0.459. The van der Waals surface area contributed by atoms with E-state index in [0.29, 0.717) is 16.4 Å². The second-order valence-corrected chi connectivity index (χ2v) is 6.51. The molecule has 1 aromatic heterocycles. The van der Waals surface area contributed by atoms with Crippen LogP contribution in [0.2, 0.25) is 5.15 Å². The number of alkyl halides is 3. The van der Waals surface area contributed by atoms with Gasteiger partial charge in [0.1, 0.15) is 5.15 Å². The van der Waals surface area contributed by atoms with Gasteiger partial charge in [0.2, 0.25) is 0 Å². The first-order valence-electron chi connectivity index (χ1n) is 7.62. The second kappa shape index (κ2) is 8.05. The molecule has 10 heteroatoms. The SMILES string of the molecule is Cc1nn(-c2cccc(C(F)(F)F)c2)c(Cl)c1/C=N\NC(=S)NC(C)C. The number of benzene rings is 1. The largest absolute Gasteiger partial charge is 0.416 e. The van der Waals surface area contributed by atoms with Crippen molar-refractivity contribution in [3.63, 3.8) is 0 Å². The number of halogens is 4. The Morgan fingerprint density at radius 1 is 1.38 bits per heavy atom. The van der Waals surface area contributed by atoms with E-state index in [9.17, 15) is 13.2 Å². The van der Waals surface area contributed by atoms with E-state index in [4.69, 9.17) is 23.8 Å². The van der Waals surface area contributed by atoms with Gasteiger partial charge in [-0.2, -0.15) is 23.4 Å². The predicted molar refractivity (Wildman–Crippen MR) is 99.9 cm³/mol. The minimum atomic E-state index is -4.45. The Bertz CT molecular complexity index is 830. The molecule has 0 bridgehead atoms. The maximum atomic E-state index is 12.9. The van der Waals surface area contributed by atoms with E-state index < -0.39 is 11.7 Å². The molecule has 0 aliphatic heterocycles. The molecule has 140 valence electrons. The highest BCUT2D eigenvalue weighted by atomic mass is 35.5. The van der Waals surface area contributed by atoms with E-state index in [0.717, 1.165) is 12.1 Å². The number of aryl methyl sites for hydroxylation is 1. The third kappa shape index (κ3) is 4.95. The molecule has 2 rings (SSSR count). The number of aromatic nitrogens is 2. The van der Waals surface area contributed by atoms with E-state index in [2.05, 4.69) is 20.9 Å². The lowest BCUT2D eigenvalue weighted by Crippen LogP contribution is -2.36. The van der Waals surface area contributed by atoms with Gasteiger partial charge in [-0.25, -0.2) is 4.68 Å². The van der Waals surface area contributed by atoms with Gasteiger partial charge in [-0.1, -0.05) is 17.7 Å². The summed E-state index contributed by atoms with van der Waals surface area (Å²) in [6.07, 6.45) is -3.03. The van der Waals surface area contributed by atoms with E-state index in [1.165, 1.54) is 23.0 Å². The first-order valence-corrected chi connectivity index (χ1v) is 8.40. The van der Waals surface area contributed by atoms with E-state index >= 15 is 0 Å². The van der Waals surface area contributed by atoms with Gasteiger partial charge in [0.25, 0.3) is 0 Å². The predicted octanol–water partition coefficient (Wildman–Crippen LogP) is 4.06.